The second kappa shape index (κ2) is 8.06. The van der Waals surface area contributed by atoms with Crippen LogP contribution in [0.25, 0.3) is 0 Å². The molecule has 9 nitrogen and oxygen atoms in total. The lowest BCUT2D eigenvalue weighted by Crippen LogP contribution is -2.05. The molecule has 136 valence electrons. The summed E-state index contributed by atoms with van der Waals surface area (Å²) in [5, 5.41) is 14.1. The molecule has 26 heavy (non-hydrogen) atoms. The summed E-state index contributed by atoms with van der Waals surface area (Å²) >= 11 is 0. The fourth-order valence-electron chi connectivity index (χ4n) is 2.31. The summed E-state index contributed by atoms with van der Waals surface area (Å²) in [7, 11) is 4.66. The molecule has 3 rings (SSSR count). The Bertz CT molecular complexity index is 829. The van der Waals surface area contributed by atoms with E-state index in [9.17, 15) is 0 Å². The van der Waals surface area contributed by atoms with Gasteiger partial charge in [-0.15, -0.1) is 5.10 Å². The number of hydrogen-bond acceptors (Lipinski definition) is 9. The van der Waals surface area contributed by atoms with Gasteiger partial charge in [0.2, 0.25) is 11.7 Å². The van der Waals surface area contributed by atoms with Crippen molar-refractivity contribution < 1.29 is 18.6 Å². The minimum absolute atomic E-state index is 0.323. The maximum Gasteiger partial charge on any atom is 0.249 e. The number of benzene rings is 1. The summed E-state index contributed by atoms with van der Waals surface area (Å²) < 4.78 is 21.3. The molecule has 0 radical (unpaired) electrons. The Balaban J connectivity index is 1.77. The van der Waals surface area contributed by atoms with Gasteiger partial charge in [0.1, 0.15) is 5.76 Å². The number of hydrogen-bond donors (Lipinski definition) is 2. The van der Waals surface area contributed by atoms with E-state index in [1.807, 2.05) is 12.1 Å². The van der Waals surface area contributed by atoms with Crippen LogP contribution in [0.15, 0.2) is 41.1 Å². The van der Waals surface area contributed by atoms with Crippen LogP contribution in [0.1, 0.15) is 5.76 Å². The van der Waals surface area contributed by atoms with Crippen molar-refractivity contribution in [3.8, 4) is 17.2 Å². The van der Waals surface area contributed by atoms with Crippen molar-refractivity contribution in [2.24, 2.45) is 0 Å². The number of nitrogens with zero attached hydrogens (tertiary/aromatic N) is 3. The van der Waals surface area contributed by atoms with Crippen molar-refractivity contribution in [1.82, 2.24) is 15.2 Å². The molecule has 0 bridgehead atoms. The van der Waals surface area contributed by atoms with Crippen LogP contribution in [-0.4, -0.2) is 36.5 Å². The van der Waals surface area contributed by atoms with Crippen LogP contribution in [-0.2, 0) is 6.54 Å². The highest BCUT2D eigenvalue weighted by molar-refractivity contribution is 5.65. The summed E-state index contributed by atoms with van der Waals surface area (Å²) in [5.74, 6) is 3.23. The fourth-order valence-corrected chi connectivity index (χ4v) is 2.31. The normalized spacial score (nSPS) is 10.3. The third kappa shape index (κ3) is 3.94. The van der Waals surface area contributed by atoms with E-state index in [0.29, 0.717) is 41.2 Å². The number of methoxy groups -OCH3 is 3. The van der Waals surface area contributed by atoms with E-state index >= 15 is 0 Å². The molecular formula is C17H19N5O4. The zero-order chi connectivity index (χ0) is 18.4. The lowest BCUT2D eigenvalue weighted by molar-refractivity contribution is 0.324. The maximum absolute atomic E-state index is 5.34. The van der Waals surface area contributed by atoms with Gasteiger partial charge in [-0.1, -0.05) is 0 Å². The van der Waals surface area contributed by atoms with Gasteiger partial charge in [0.05, 0.1) is 40.3 Å². The fraction of sp³-hybridized carbons (Fsp3) is 0.235. The van der Waals surface area contributed by atoms with Crippen molar-refractivity contribution >= 4 is 17.5 Å². The molecule has 0 unspecified atom stereocenters. The number of ether oxygens (including phenoxy) is 3. The molecule has 0 aliphatic carbocycles. The van der Waals surface area contributed by atoms with Crippen molar-refractivity contribution in [1.29, 1.82) is 0 Å². The Morgan fingerprint density at radius 1 is 1.08 bits per heavy atom. The predicted molar refractivity (Wildman–Crippen MR) is 95.2 cm³/mol. The van der Waals surface area contributed by atoms with Crippen LogP contribution in [0.3, 0.4) is 0 Å². The van der Waals surface area contributed by atoms with E-state index in [0.717, 1.165) is 5.76 Å². The molecule has 0 saturated carbocycles. The SMILES string of the molecule is COc1cc(Nc2nncc(NCc3ccco3)n2)cc(OC)c1OC. The van der Waals surface area contributed by atoms with Gasteiger partial charge in [0.25, 0.3) is 0 Å². The zero-order valence-corrected chi connectivity index (χ0v) is 14.6. The smallest absolute Gasteiger partial charge is 0.249 e. The Morgan fingerprint density at radius 2 is 1.85 bits per heavy atom. The zero-order valence-electron chi connectivity index (χ0n) is 14.6. The third-order valence-corrected chi connectivity index (χ3v) is 3.50. The number of nitrogens with one attached hydrogen (secondary N) is 2. The minimum Gasteiger partial charge on any atom is -0.493 e. The summed E-state index contributed by atoms with van der Waals surface area (Å²) in [4.78, 5) is 4.37. The van der Waals surface area contributed by atoms with E-state index in [2.05, 4.69) is 25.8 Å². The van der Waals surface area contributed by atoms with Crippen molar-refractivity contribution in [2.45, 2.75) is 6.54 Å². The summed E-state index contributed by atoms with van der Waals surface area (Å²) in [6.07, 6.45) is 3.15. The largest absolute Gasteiger partial charge is 0.493 e. The molecule has 0 atom stereocenters. The first-order valence-electron chi connectivity index (χ1n) is 7.76. The van der Waals surface area contributed by atoms with E-state index in [1.54, 1.807) is 39.7 Å². The van der Waals surface area contributed by atoms with Crippen LogP contribution < -0.4 is 24.8 Å². The highest BCUT2D eigenvalue weighted by Crippen LogP contribution is 2.40. The topological polar surface area (TPSA) is 104 Å². The lowest BCUT2D eigenvalue weighted by atomic mass is 10.2. The van der Waals surface area contributed by atoms with Crippen molar-refractivity contribution in [2.75, 3.05) is 32.0 Å². The van der Waals surface area contributed by atoms with Crippen LogP contribution in [0.4, 0.5) is 17.5 Å². The third-order valence-electron chi connectivity index (χ3n) is 3.50. The first kappa shape index (κ1) is 17.3. The Morgan fingerprint density at radius 3 is 2.46 bits per heavy atom. The van der Waals surface area contributed by atoms with E-state index in [4.69, 9.17) is 18.6 Å². The highest BCUT2D eigenvalue weighted by Gasteiger charge is 2.14. The second-order valence-electron chi connectivity index (χ2n) is 5.14. The number of furan rings is 1. The van der Waals surface area contributed by atoms with Crippen LogP contribution in [0.2, 0.25) is 0 Å². The molecular weight excluding hydrogens is 338 g/mol. The number of aromatic nitrogens is 3. The number of anilines is 3. The van der Waals surface area contributed by atoms with Crippen molar-refractivity contribution in [3.63, 3.8) is 0 Å². The molecule has 2 N–H and O–H groups in total. The molecule has 0 fully saturated rings. The van der Waals surface area contributed by atoms with E-state index < -0.39 is 0 Å². The Labute approximate surface area is 150 Å². The van der Waals surface area contributed by atoms with Gasteiger partial charge in [-0.2, -0.15) is 10.1 Å². The summed E-state index contributed by atoms with van der Waals surface area (Å²) in [5.41, 5.74) is 0.671. The molecule has 0 saturated heterocycles. The first-order chi connectivity index (χ1) is 12.7. The maximum atomic E-state index is 5.34. The summed E-state index contributed by atoms with van der Waals surface area (Å²) in [6, 6.07) is 7.21. The second-order valence-corrected chi connectivity index (χ2v) is 5.14. The minimum atomic E-state index is 0.323. The molecule has 3 aromatic rings. The highest BCUT2D eigenvalue weighted by atomic mass is 16.5. The predicted octanol–water partition coefficient (Wildman–Crippen LogP) is 2.85. The van der Waals surface area contributed by atoms with Gasteiger partial charge in [0.15, 0.2) is 17.3 Å². The molecule has 9 heteroatoms. The van der Waals surface area contributed by atoms with Gasteiger partial charge in [0, 0.05) is 17.8 Å². The van der Waals surface area contributed by atoms with Gasteiger partial charge >= 0.3 is 0 Å². The molecule has 2 aromatic heterocycles. The van der Waals surface area contributed by atoms with Crippen LogP contribution in [0, 0.1) is 0 Å². The van der Waals surface area contributed by atoms with Gasteiger partial charge in [-0.25, -0.2) is 0 Å². The average molecular weight is 357 g/mol. The standard InChI is InChI=1S/C17H19N5O4/c1-23-13-7-11(8-14(24-2)16(13)25-3)20-17-21-15(10-19-22-17)18-9-12-5-4-6-26-12/h4-8,10H,9H2,1-3H3,(H2,18,20,21,22). The first-order valence-corrected chi connectivity index (χ1v) is 7.76. The van der Waals surface area contributed by atoms with Crippen LogP contribution >= 0.6 is 0 Å². The van der Waals surface area contributed by atoms with E-state index in [1.165, 1.54) is 6.20 Å². The van der Waals surface area contributed by atoms with Crippen LogP contribution in [0.5, 0.6) is 17.2 Å². The van der Waals surface area contributed by atoms with Crippen molar-refractivity contribution in [3.05, 3.63) is 42.5 Å². The molecule has 0 aliphatic rings. The molecule has 0 amide bonds. The van der Waals surface area contributed by atoms with E-state index in [-0.39, 0.29) is 0 Å². The number of rotatable bonds is 8. The molecule has 1 aromatic carbocycles. The quantitative estimate of drug-likeness (QED) is 0.629. The molecule has 2 heterocycles. The lowest BCUT2D eigenvalue weighted by Gasteiger charge is -2.14. The van der Waals surface area contributed by atoms with Gasteiger partial charge < -0.3 is 29.3 Å². The van der Waals surface area contributed by atoms with Gasteiger partial charge in [-0.05, 0) is 12.1 Å². The average Bonchev–Trinajstić information content (AvgIpc) is 3.19. The monoisotopic (exact) mass is 357 g/mol. The molecule has 0 spiro atoms. The Kier molecular flexibility index (Phi) is 5.37. The van der Waals surface area contributed by atoms with Gasteiger partial charge in [-0.3, -0.25) is 0 Å². The Hall–Kier alpha value is -3.49. The summed E-state index contributed by atoms with van der Waals surface area (Å²) in [6.45, 7) is 0.495. The molecule has 0 aliphatic heterocycles.